The van der Waals surface area contributed by atoms with Crippen molar-refractivity contribution < 1.29 is 17.5 Å². The van der Waals surface area contributed by atoms with Crippen LogP contribution in [-0.2, 0) is 15.4 Å². The molecule has 0 aliphatic heterocycles. The molecule has 7 heteroatoms. The van der Waals surface area contributed by atoms with E-state index in [2.05, 4.69) is 16.2 Å². The van der Waals surface area contributed by atoms with Gasteiger partial charge in [-0.2, -0.15) is 11.3 Å². The third-order valence-electron chi connectivity index (χ3n) is 4.81. The van der Waals surface area contributed by atoms with E-state index in [0.29, 0.717) is 13.2 Å². The number of hydrogen-bond acceptors (Lipinski definition) is 4. The van der Waals surface area contributed by atoms with Gasteiger partial charge in [-0.3, -0.25) is 0 Å². The molecule has 0 radical (unpaired) electrons. The quantitative estimate of drug-likeness (QED) is 0.784. The number of benzene rings is 1. The molecule has 1 aromatic carbocycles. The minimum atomic E-state index is -3.77. The Bertz CT molecular complexity index is 813. The van der Waals surface area contributed by atoms with Crippen molar-refractivity contribution in [3.8, 4) is 5.75 Å². The maximum absolute atomic E-state index is 14.0. The second-order valence-electron chi connectivity index (χ2n) is 6.35. The molecule has 1 N–H and O–H groups in total. The Kier molecular flexibility index (Phi) is 5.46. The zero-order valence-electron chi connectivity index (χ0n) is 14.1. The fraction of sp³-hybridized carbons (Fsp3) is 0.444. The fourth-order valence-corrected chi connectivity index (χ4v) is 5.34. The number of rotatable bonds is 7. The lowest BCUT2D eigenvalue weighted by Crippen LogP contribution is -2.38. The van der Waals surface area contributed by atoms with Crippen LogP contribution in [0.5, 0.6) is 5.75 Å². The van der Waals surface area contributed by atoms with Gasteiger partial charge in [-0.15, -0.1) is 0 Å². The molecule has 4 nitrogen and oxygen atoms in total. The highest BCUT2D eigenvalue weighted by Crippen LogP contribution is 2.41. The SMILES string of the molecule is CCOc1ccc(S(=O)(=O)NCC2(c3ccsc3)CCCC2)cc1F. The molecule has 1 aromatic heterocycles. The average molecular weight is 384 g/mol. The summed E-state index contributed by atoms with van der Waals surface area (Å²) in [5.74, 6) is -0.606. The van der Waals surface area contributed by atoms with E-state index in [4.69, 9.17) is 4.74 Å². The maximum Gasteiger partial charge on any atom is 0.240 e. The van der Waals surface area contributed by atoms with Crippen LogP contribution in [0.3, 0.4) is 0 Å². The van der Waals surface area contributed by atoms with Gasteiger partial charge in [0.15, 0.2) is 11.6 Å². The van der Waals surface area contributed by atoms with E-state index < -0.39 is 15.8 Å². The van der Waals surface area contributed by atoms with Crippen LogP contribution < -0.4 is 9.46 Å². The standard InChI is InChI=1S/C18H22FNO3S2/c1-2-23-17-6-5-15(11-16(17)19)25(21,22)20-13-18(8-3-4-9-18)14-7-10-24-12-14/h5-7,10-12,20H,2-4,8-9,13H2,1H3. The third-order valence-corrected chi connectivity index (χ3v) is 6.89. The summed E-state index contributed by atoms with van der Waals surface area (Å²) in [5, 5.41) is 4.11. The van der Waals surface area contributed by atoms with E-state index in [1.165, 1.54) is 17.7 Å². The monoisotopic (exact) mass is 383 g/mol. The predicted molar refractivity (Wildman–Crippen MR) is 97.2 cm³/mol. The Labute approximate surface area is 152 Å². The molecule has 1 heterocycles. The van der Waals surface area contributed by atoms with Crippen molar-refractivity contribution in [1.29, 1.82) is 0 Å². The van der Waals surface area contributed by atoms with Crippen LogP contribution in [0.4, 0.5) is 4.39 Å². The van der Waals surface area contributed by atoms with Crippen molar-refractivity contribution in [3.63, 3.8) is 0 Å². The van der Waals surface area contributed by atoms with Gasteiger partial charge in [-0.05, 0) is 60.4 Å². The normalized spacial score (nSPS) is 16.9. The van der Waals surface area contributed by atoms with Crippen LogP contribution in [0.2, 0.25) is 0 Å². The van der Waals surface area contributed by atoms with Gasteiger partial charge in [0.2, 0.25) is 10.0 Å². The highest BCUT2D eigenvalue weighted by molar-refractivity contribution is 7.89. The van der Waals surface area contributed by atoms with Crippen LogP contribution in [0, 0.1) is 5.82 Å². The molecule has 1 aliphatic carbocycles. The molecule has 3 rings (SSSR count). The summed E-state index contributed by atoms with van der Waals surface area (Å²) in [7, 11) is -3.77. The molecule has 136 valence electrons. The summed E-state index contributed by atoms with van der Waals surface area (Å²) in [4.78, 5) is -0.0769. The predicted octanol–water partition coefficient (Wildman–Crippen LogP) is 4.08. The third kappa shape index (κ3) is 3.88. The highest BCUT2D eigenvalue weighted by Gasteiger charge is 2.37. The Balaban J connectivity index is 1.78. The molecule has 1 aliphatic rings. The summed E-state index contributed by atoms with van der Waals surface area (Å²) < 4.78 is 47.0. The van der Waals surface area contributed by atoms with E-state index in [1.807, 2.05) is 5.38 Å². The molecule has 0 spiro atoms. The zero-order valence-corrected chi connectivity index (χ0v) is 15.8. The molecule has 0 bridgehead atoms. The zero-order chi connectivity index (χ0) is 17.9. The highest BCUT2D eigenvalue weighted by atomic mass is 32.2. The Hall–Kier alpha value is -1.44. The Morgan fingerprint density at radius 1 is 1.28 bits per heavy atom. The van der Waals surface area contributed by atoms with Gasteiger partial charge in [0, 0.05) is 12.0 Å². The van der Waals surface area contributed by atoms with E-state index >= 15 is 0 Å². The second kappa shape index (κ2) is 7.43. The van der Waals surface area contributed by atoms with E-state index in [-0.39, 0.29) is 16.1 Å². The number of ether oxygens (including phenoxy) is 1. The van der Waals surface area contributed by atoms with Gasteiger partial charge in [0.05, 0.1) is 11.5 Å². The smallest absolute Gasteiger partial charge is 0.240 e. The van der Waals surface area contributed by atoms with Gasteiger partial charge >= 0.3 is 0 Å². The van der Waals surface area contributed by atoms with E-state index in [1.54, 1.807) is 18.3 Å². The lowest BCUT2D eigenvalue weighted by Gasteiger charge is -2.28. The van der Waals surface area contributed by atoms with Crippen LogP contribution in [0.25, 0.3) is 0 Å². The van der Waals surface area contributed by atoms with Crippen molar-refractivity contribution in [3.05, 3.63) is 46.4 Å². The first-order valence-corrected chi connectivity index (χ1v) is 10.8. The first-order valence-electron chi connectivity index (χ1n) is 8.41. The number of sulfonamides is 1. The van der Waals surface area contributed by atoms with Crippen molar-refractivity contribution >= 4 is 21.4 Å². The van der Waals surface area contributed by atoms with Crippen molar-refractivity contribution in [2.75, 3.05) is 13.2 Å². The van der Waals surface area contributed by atoms with Crippen molar-refractivity contribution in [2.24, 2.45) is 0 Å². The molecule has 0 saturated heterocycles. The van der Waals surface area contributed by atoms with Crippen LogP contribution in [0.15, 0.2) is 39.9 Å². The number of thiophene rings is 1. The molecule has 2 aromatic rings. The number of nitrogens with one attached hydrogen (secondary N) is 1. The topological polar surface area (TPSA) is 55.4 Å². The fourth-order valence-electron chi connectivity index (χ4n) is 3.42. The molecule has 0 unspecified atom stereocenters. The minimum Gasteiger partial charge on any atom is -0.491 e. The summed E-state index contributed by atoms with van der Waals surface area (Å²) in [6.45, 7) is 2.41. The van der Waals surface area contributed by atoms with Crippen LogP contribution in [-0.4, -0.2) is 21.6 Å². The van der Waals surface area contributed by atoms with Crippen LogP contribution in [0.1, 0.15) is 38.2 Å². The van der Waals surface area contributed by atoms with E-state index in [0.717, 1.165) is 31.7 Å². The van der Waals surface area contributed by atoms with Gasteiger partial charge in [-0.25, -0.2) is 17.5 Å². The molecular weight excluding hydrogens is 361 g/mol. The summed E-state index contributed by atoms with van der Waals surface area (Å²) in [5.41, 5.74) is 1.03. The largest absolute Gasteiger partial charge is 0.491 e. The first-order chi connectivity index (χ1) is 12.0. The molecule has 1 saturated carbocycles. The Morgan fingerprint density at radius 2 is 2.04 bits per heavy atom. The number of hydrogen-bond donors (Lipinski definition) is 1. The summed E-state index contributed by atoms with van der Waals surface area (Å²) in [6, 6.07) is 5.82. The molecule has 25 heavy (non-hydrogen) atoms. The van der Waals surface area contributed by atoms with Gasteiger partial charge in [0.1, 0.15) is 0 Å². The van der Waals surface area contributed by atoms with Crippen LogP contribution >= 0.6 is 11.3 Å². The lowest BCUT2D eigenvalue weighted by molar-refractivity contribution is 0.321. The van der Waals surface area contributed by atoms with Gasteiger partial charge in [-0.1, -0.05) is 12.8 Å². The molecular formula is C18H22FNO3S2. The Morgan fingerprint density at radius 3 is 2.64 bits per heavy atom. The molecule has 0 amide bonds. The molecule has 1 fully saturated rings. The average Bonchev–Trinajstić information content (AvgIpc) is 3.27. The second-order valence-corrected chi connectivity index (χ2v) is 8.90. The number of halogens is 1. The summed E-state index contributed by atoms with van der Waals surface area (Å²) >= 11 is 1.62. The molecule has 0 atom stereocenters. The first kappa shape index (κ1) is 18.4. The van der Waals surface area contributed by atoms with Crippen molar-refractivity contribution in [2.45, 2.75) is 42.9 Å². The van der Waals surface area contributed by atoms with Gasteiger partial charge in [0.25, 0.3) is 0 Å². The van der Waals surface area contributed by atoms with Crippen molar-refractivity contribution in [1.82, 2.24) is 4.72 Å². The summed E-state index contributed by atoms with van der Waals surface area (Å²) in [6.07, 6.45) is 4.11. The lowest BCUT2D eigenvalue weighted by atomic mass is 9.81. The van der Waals surface area contributed by atoms with E-state index in [9.17, 15) is 12.8 Å². The minimum absolute atomic E-state index is 0.0620. The van der Waals surface area contributed by atoms with Gasteiger partial charge < -0.3 is 4.74 Å². The maximum atomic E-state index is 14.0.